The van der Waals surface area contributed by atoms with E-state index in [9.17, 15) is 18.0 Å². The van der Waals surface area contributed by atoms with Crippen LogP contribution in [0.5, 0.6) is 0 Å². The first-order valence-corrected chi connectivity index (χ1v) is 13.1. The summed E-state index contributed by atoms with van der Waals surface area (Å²) in [7, 11) is -2.55. The molecule has 0 saturated carbocycles. The molecule has 0 aromatic heterocycles. The quantitative estimate of drug-likeness (QED) is 0.218. The predicted octanol–water partition coefficient (Wildman–Crippen LogP) is 7.39. The summed E-state index contributed by atoms with van der Waals surface area (Å²) >= 11 is 0. The number of carbonyl (C=O) groups is 1. The second kappa shape index (κ2) is 13.7. The molecule has 0 spiro atoms. The van der Waals surface area contributed by atoms with Gasteiger partial charge in [0.15, 0.2) is 0 Å². The van der Waals surface area contributed by atoms with Crippen molar-refractivity contribution in [2.75, 3.05) is 0 Å². The molecule has 0 aliphatic rings. The van der Waals surface area contributed by atoms with Crippen molar-refractivity contribution in [1.82, 2.24) is 0 Å². The fourth-order valence-electron chi connectivity index (χ4n) is 2.93. The second-order valence-electron chi connectivity index (χ2n) is 7.64. The summed E-state index contributed by atoms with van der Waals surface area (Å²) in [6.07, 6.45) is 11.2. The molecule has 0 N–H and O–H groups in total. The van der Waals surface area contributed by atoms with Gasteiger partial charge in [-0.2, -0.15) is 13.2 Å². The molecule has 0 aliphatic carbocycles. The van der Waals surface area contributed by atoms with Gasteiger partial charge in [-0.05, 0) is 19.1 Å². The summed E-state index contributed by atoms with van der Waals surface area (Å²) in [4.78, 5) is 10.9. The number of rotatable bonds is 15. The van der Waals surface area contributed by atoms with Crippen LogP contribution in [0.1, 0.15) is 90.4 Å². The maximum absolute atomic E-state index is 12.2. The first-order chi connectivity index (χ1) is 11.7. The minimum absolute atomic E-state index is 0.604. The first-order valence-electron chi connectivity index (χ1n) is 9.99. The van der Waals surface area contributed by atoms with E-state index in [1.54, 1.807) is 13.1 Å². The zero-order valence-corrected chi connectivity index (χ0v) is 17.3. The molecule has 0 amide bonds. The third-order valence-corrected chi connectivity index (χ3v) is 6.78. The number of carbonyl (C=O) groups excluding carboxylic acids is 1. The Bertz CT molecular complexity index is 344. The van der Waals surface area contributed by atoms with Crippen LogP contribution in [0.3, 0.4) is 0 Å². The van der Waals surface area contributed by atoms with Crippen molar-refractivity contribution in [1.29, 1.82) is 0 Å². The first kappa shape index (κ1) is 24.5. The molecule has 0 aromatic carbocycles. The molecule has 0 rings (SSSR count). The molecule has 0 fully saturated rings. The average Bonchev–Trinajstić information content (AvgIpc) is 2.50. The lowest BCUT2D eigenvalue weighted by Gasteiger charge is -2.23. The lowest BCUT2D eigenvalue weighted by atomic mass is 10.1. The topological polar surface area (TPSA) is 26.3 Å². The fourth-order valence-corrected chi connectivity index (χ4v) is 4.75. The van der Waals surface area contributed by atoms with Gasteiger partial charge in [0, 0.05) is 0 Å². The molecule has 25 heavy (non-hydrogen) atoms. The Morgan fingerprint density at radius 1 is 0.760 bits per heavy atom. The van der Waals surface area contributed by atoms with E-state index in [0.717, 1.165) is 19.3 Å². The largest absolute Gasteiger partial charge is 0.513 e. The summed E-state index contributed by atoms with van der Waals surface area (Å²) in [6, 6.07) is 0.604. The van der Waals surface area contributed by atoms with Crippen molar-refractivity contribution < 1.29 is 22.4 Å². The SMILES string of the molecule is CCCCCCCCCCCCCCC[Si](C)(C)OC(=O)C(F)(F)F. The van der Waals surface area contributed by atoms with Crippen LogP contribution in [0.25, 0.3) is 0 Å². The molecule has 150 valence electrons. The summed E-state index contributed by atoms with van der Waals surface area (Å²) in [6.45, 7) is 5.59. The molecule has 2 nitrogen and oxygen atoms in total. The van der Waals surface area contributed by atoms with Crippen LogP contribution in [0.2, 0.25) is 19.1 Å². The van der Waals surface area contributed by atoms with Gasteiger partial charge < -0.3 is 4.43 Å². The summed E-state index contributed by atoms with van der Waals surface area (Å²) in [5, 5.41) is 0. The van der Waals surface area contributed by atoms with Gasteiger partial charge in [-0.25, -0.2) is 4.79 Å². The highest BCUT2D eigenvalue weighted by Crippen LogP contribution is 2.23. The molecule has 0 aromatic rings. The van der Waals surface area contributed by atoms with Crippen molar-refractivity contribution in [3.05, 3.63) is 0 Å². The van der Waals surface area contributed by atoms with Gasteiger partial charge in [0.05, 0.1) is 0 Å². The van der Waals surface area contributed by atoms with E-state index in [-0.39, 0.29) is 0 Å². The fraction of sp³-hybridized carbons (Fsp3) is 0.947. The van der Waals surface area contributed by atoms with Crippen LogP contribution in [-0.4, -0.2) is 20.5 Å². The maximum Gasteiger partial charge on any atom is 0.489 e. The second-order valence-corrected chi connectivity index (χ2v) is 11.9. The van der Waals surface area contributed by atoms with Crippen molar-refractivity contribution >= 4 is 14.3 Å². The van der Waals surface area contributed by atoms with Gasteiger partial charge in [-0.1, -0.05) is 90.4 Å². The van der Waals surface area contributed by atoms with Crippen LogP contribution in [-0.2, 0) is 9.22 Å². The third kappa shape index (κ3) is 15.4. The Morgan fingerprint density at radius 3 is 1.48 bits per heavy atom. The minimum Gasteiger partial charge on any atom is -0.513 e. The molecule has 0 unspecified atom stereocenters. The summed E-state index contributed by atoms with van der Waals surface area (Å²) < 4.78 is 41.3. The molecule has 0 aliphatic heterocycles. The summed E-state index contributed by atoms with van der Waals surface area (Å²) in [5.41, 5.74) is 0. The van der Waals surface area contributed by atoms with Crippen molar-refractivity contribution in [2.45, 2.75) is 116 Å². The molecule has 0 heterocycles. The van der Waals surface area contributed by atoms with Crippen molar-refractivity contribution in [3.8, 4) is 0 Å². The zero-order valence-electron chi connectivity index (χ0n) is 16.3. The van der Waals surface area contributed by atoms with Crippen LogP contribution >= 0.6 is 0 Å². The van der Waals surface area contributed by atoms with Crippen LogP contribution in [0, 0.1) is 0 Å². The maximum atomic E-state index is 12.2. The number of unbranched alkanes of at least 4 members (excludes halogenated alkanes) is 12. The highest BCUT2D eigenvalue weighted by molar-refractivity contribution is 6.72. The lowest BCUT2D eigenvalue weighted by Crippen LogP contribution is -2.39. The van der Waals surface area contributed by atoms with Crippen LogP contribution in [0.4, 0.5) is 13.2 Å². The Kier molecular flexibility index (Phi) is 13.4. The number of hydrogen-bond donors (Lipinski definition) is 0. The molecule has 0 atom stereocenters. The molecule has 0 radical (unpaired) electrons. The summed E-state index contributed by atoms with van der Waals surface area (Å²) in [5.74, 6) is -2.03. The average molecular weight is 383 g/mol. The van der Waals surface area contributed by atoms with Crippen LogP contribution in [0.15, 0.2) is 0 Å². The van der Waals surface area contributed by atoms with E-state index in [1.807, 2.05) is 0 Å². The molecule has 0 bridgehead atoms. The van der Waals surface area contributed by atoms with Gasteiger partial charge in [-0.15, -0.1) is 0 Å². The molecule has 6 heteroatoms. The number of halogens is 3. The highest BCUT2D eigenvalue weighted by Gasteiger charge is 2.44. The molecular weight excluding hydrogens is 345 g/mol. The smallest absolute Gasteiger partial charge is 0.489 e. The van der Waals surface area contributed by atoms with E-state index in [0.29, 0.717) is 6.04 Å². The highest BCUT2D eigenvalue weighted by atomic mass is 28.4. The van der Waals surface area contributed by atoms with Gasteiger partial charge in [0.25, 0.3) is 0 Å². The van der Waals surface area contributed by atoms with Crippen molar-refractivity contribution in [2.24, 2.45) is 0 Å². The van der Waals surface area contributed by atoms with E-state index in [2.05, 4.69) is 11.3 Å². The van der Waals surface area contributed by atoms with E-state index < -0.39 is 20.5 Å². The van der Waals surface area contributed by atoms with E-state index in [4.69, 9.17) is 0 Å². The molecule has 0 saturated heterocycles. The third-order valence-electron chi connectivity index (χ3n) is 4.48. The standard InChI is InChI=1S/C19H37F3O2Si/c1-4-5-6-7-8-9-10-11-12-13-14-15-16-17-25(2,3)24-18(23)19(20,21)22/h4-17H2,1-3H3. The van der Waals surface area contributed by atoms with E-state index >= 15 is 0 Å². The lowest BCUT2D eigenvalue weighted by molar-refractivity contribution is -0.190. The van der Waals surface area contributed by atoms with Gasteiger partial charge in [-0.3, -0.25) is 0 Å². The van der Waals surface area contributed by atoms with E-state index in [1.165, 1.54) is 64.2 Å². The van der Waals surface area contributed by atoms with Crippen molar-refractivity contribution in [3.63, 3.8) is 0 Å². The number of hydrogen-bond acceptors (Lipinski definition) is 2. The zero-order chi connectivity index (χ0) is 19.2. The van der Waals surface area contributed by atoms with Crippen LogP contribution < -0.4 is 0 Å². The van der Waals surface area contributed by atoms with Gasteiger partial charge >= 0.3 is 12.1 Å². The Labute approximate surface area is 153 Å². The minimum atomic E-state index is -4.87. The van der Waals surface area contributed by atoms with Gasteiger partial charge in [0.2, 0.25) is 8.32 Å². The normalized spacial score (nSPS) is 12.4. The van der Waals surface area contributed by atoms with Gasteiger partial charge in [0.1, 0.15) is 0 Å². The Hall–Kier alpha value is -0.523. The molecular formula is C19H37F3O2Si. The Balaban J connectivity index is 3.47. The Morgan fingerprint density at radius 2 is 1.12 bits per heavy atom. The number of alkyl halides is 3. The monoisotopic (exact) mass is 382 g/mol. The predicted molar refractivity (Wildman–Crippen MR) is 100 cm³/mol.